The number of carbonyl (C=O) groups is 1. The van der Waals surface area contributed by atoms with Crippen LogP contribution < -0.4 is 15.4 Å². The largest absolute Gasteiger partial charge is 0.474 e. The summed E-state index contributed by atoms with van der Waals surface area (Å²) in [7, 11) is 0. The van der Waals surface area contributed by atoms with Gasteiger partial charge in [-0.1, -0.05) is 37.6 Å². The number of aromatic nitrogens is 3. The summed E-state index contributed by atoms with van der Waals surface area (Å²) in [6.45, 7) is 6.45. The van der Waals surface area contributed by atoms with Gasteiger partial charge in [0.15, 0.2) is 11.3 Å². The standard InChI is InChI=1S/C24H30ClN5O2/c1-3-19(4-2)32-21-12-11-20-22(24(31)27-18-6-5-13-26-14-18)29-30(23(20)28-21)15-16-7-9-17(25)10-8-16/h7-12,18-19,26H,3-6,13-15H2,1-2H3,(H,27,31). The molecule has 3 aromatic rings. The summed E-state index contributed by atoms with van der Waals surface area (Å²) in [5.74, 6) is 0.376. The normalized spacial score (nSPS) is 16.4. The fourth-order valence-corrected chi connectivity index (χ4v) is 4.12. The van der Waals surface area contributed by atoms with Crippen molar-refractivity contribution >= 4 is 28.5 Å². The Balaban J connectivity index is 1.67. The third-order valence-electron chi connectivity index (χ3n) is 5.86. The summed E-state index contributed by atoms with van der Waals surface area (Å²) in [6, 6.07) is 11.4. The quantitative estimate of drug-likeness (QED) is 0.532. The summed E-state index contributed by atoms with van der Waals surface area (Å²) in [6.07, 6.45) is 3.93. The molecule has 7 nitrogen and oxygen atoms in total. The van der Waals surface area contributed by atoms with Crippen molar-refractivity contribution in [1.82, 2.24) is 25.4 Å². The summed E-state index contributed by atoms with van der Waals surface area (Å²) >= 11 is 6.04. The number of nitrogens with zero attached hydrogens (tertiary/aromatic N) is 3. The van der Waals surface area contributed by atoms with Crippen molar-refractivity contribution in [2.75, 3.05) is 13.1 Å². The molecule has 0 aliphatic carbocycles. The zero-order chi connectivity index (χ0) is 22.5. The van der Waals surface area contributed by atoms with Crippen molar-refractivity contribution in [3.05, 3.63) is 52.7 Å². The van der Waals surface area contributed by atoms with Crippen LogP contribution >= 0.6 is 11.6 Å². The number of rotatable bonds is 8. The Kier molecular flexibility index (Phi) is 7.27. The van der Waals surface area contributed by atoms with Crippen molar-refractivity contribution in [3.8, 4) is 5.88 Å². The van der Waals surface area contributed by atoms with E-state index in [0.717, 1.165) is 49.7 Å². The highest BCUT2D eigenvalue weighted by Crippen LogP contribution is 2.23. The minimum absolute atomic E-state index is 0.106. The number of hydrogen-bond acceptors (Lipinski definition) is 5. The molecule has 0 radical (unpaired) electrons. The van der Waals surface area contributed by atoms with E-state index in [1.54, 1.807) is 4.68 Å². The number of amides is 1. The lowest BCUT2D eigenvalue weighted by molar-refractivity contribution is 0.0926. The number of benzene rings is 1. The number of piperidine rings is 1. The Morgan fingerprint density at radius 1 is 1.25 bits per heavy atom. The van der Waals surface area contributed by atoms with E-state index in [0.29, 0.717) is 28.8 Å². The number of pyridine rings is 1. The third kappa shape index (κ3) is 5.22. The van der Waals surface area contributed by atoms with Crippen LogP contribution in [-0.4, -0.2) is 45.9 Å². The smallest absolute Gasteiger partial charge is 0.272 e. The van der Waals surface area contributed by atoms with Crippen LogP contribution in [-0.2, 0) is 6.54 Å². The van der Waals surface area contributed by atoms with Gasteiger partial charge in [0.1, 0.15) is 0 Å². The van der Waals surface area contributed by atoms with Gasteiger partial charge in [-0.05, 0) is 56.0 Å². The molecule has 1 aromatic carbocycles. The number of ether oxygens (including phenoxy) is 1. The second-order valence-corrected chi connectivity index (χ2v) is 8.66. The molecule has 170 valence electrons. The molecule has 8 heteroatoms. The highest BCUT2D eigenvalue weighted by molar-refractivity contribution is 6.30. The van der Waals surface area contributed by atoms with E-state index >= 15 is 0 Å². The molecule has 1 saturated heterocycles. The van der Waals surface area contributed by atoms with Gasteiger partial charge < -0.3 is 15.4 Å². The van der Waals surface area contributed by atoms with Crippen molar-refractivity contribution in [3.63, 3.8) is 0 Å². The zero-order valence-electron chi connectivity index (χ0n) is 18.6. The second-order valence-electron chi connectivity index (χ2n) is 8.23. The molecule has 0 saturated carbocycles. The van der Waals surface area contributed by atoms with E-state index < -0.39 is 0 Å². The van der Waals surface area contributed by atoms with Crippen LogP contribution in [0.5, 0.6) is 5.88 Å². The van der Waals surface area contributed by atoms with Gasteiger partial charge in [-0.15, -0.1) is 0 Å². The van der Waals surface area contributed by atoms with Crippen LogP contribution in [0.4, 0.5) is 0 Å². The molecule has 2 N–H and O–H groups in total. The zero-order valence-corrected chi connectivity index (χ0v) is 19.4. The van der Waals surface area contributed by atoms with Gasteiger partial charge in [-0.25, -0.2) is 4.68 Å². The minimum atomic E-state index is -0.172. The monoisotopic (exact) mass is 455 g/mol. The maximum atomic E-state index is 13.1. The van der Waals surface area contributed by atoms with Crippen molar-refractivity contribution in [2.24, 2.45) is 0 Å². The van der Waals surface area contributed by atoms with E-state index in [9.17, 15) is 4.79 Å². The van der Waals surface area contributed by atoms with Crippen LogP contribution in [0, 0.1) is 0 Å². The van der Waals surface area contributed by atoms with E-state index in [-0.39, 0.29) is 18.1 Å². The molecule has 3 heterocycles. The van der Waals surface area contributed by atoms with Crippen LogP contribution in [0.3, 0.4) is 0 Å². The molecular weight excluding hydrogens is 426 g/mol. The second kappa shape index (κ2) is 10.3. The molecule has 1 fully saturated rings. The third-order valence-corrected chi connectivity index (χ3v) is 6.11. The molecule has 1 atom stereocenters. The fraction of sp³-hybridized carbons (Fsp3) is 0.458. The van der Waals surface area contributed by atoms with Gasteiger partial charge in [0, 0.05) is 23.7 Å². The Bertz CT molecular complexity index is 1060. The minimum Gasteiger partial charge on any atom is -0.474 e. The predicted octanol–water partition coefficient (Wildman–Crippen LogP) is 4.18. The molecule has 1 unspecified atom stereocenters. The van der Waals surface area contributed by atoms with E-state index in [1.807, 2.05) is 36.4 Å². The number of halogens is 1. The molecular formula is C24H30ClN5O2. The number of nitrogens with one attached hydrogen (secondary N) is 2. The highest BCUT2D eigenvalue weighted by atomic mass is 35.5. The van der Waals surface area contributed by atoms with Crippen molar-refractivity contribution < 1.29 is 9.53 Å². The van der Waals surface area contributed by atoms with Crippen molar-refractivity contribution in [1.29, 1.82) is 0 Å². The van der Waals surface area contributed by atoms with Crippen LogP contribution in [0.25, 0.3) is 11.0 Å². The predicted molar refractivity (Wildman–Crippen MR) is 126 cm³/mol. The fourth-order valence-electron chi connectivity index (χ4n) is 4.00. The van der Waals surface area contributed by atoms with E-state index in [1.165, 1.54) is 0 Å². The molecule has 1 aliphatic heterocycles. The summed E-state index contributed by atoms with van der Waals surface area (Å²) < 4.78 is 7.82. The van der Waals surface area contributed by atoms with Crippen LogP contribution in [0.1, 0.15) is 55.6 Å². The lowest BCUT2D eigenvalue weighted by Gasteiger charge is -2.23. The van der Waals surface area contributed by atoms with Crippen LogP contribution in [0.15, 0.2) is 36.4 Å². The van der Waals surface area contributed by atoms with E-state index in [2.05, 4.69) is 29.6 Å². The summed E-state index contributed by atoms with van der Waals surface area (Å²) in [5, 5.41) is 12.5. The molecule has 0 spiro atoms. The number of hydrogen-bond donors (Lipinski definition) is 2. The van der Waals surface area contributed by atoms with Crippen LogP contribution in [0.2, 0.25) is 5.02 Å². The lowest BCUT2D eigenvalue weighted by atomic mass is 10.1. The number of fused-ring (bicyclic) bond motifs is 1. The first-order valence-electron chi connectivity index (χ1n) is 11.4. The average molecular weight is 456 g/mol. The Morgan fingerprint density at radius 2 is 2.03 bits per heavy atom. The van der Waals surface area contributed by atoms with Gasteiger partial charge in [0.05, 0.1) is 18.0 Å². The molecule has 1 aliphatic rings. The summed E-state index contributed by atoms with van der Waals surface area (Å²) in [5.41, 5.74) is 2.05. The van der Waals surface area contributed by atoms with Gasteiger partial charge in [-0.3, -0.25) is 4.79 Å². The van der Waals surface area contributed by atoms with Crippen molar-refractivity contribution in [2.45, 2.75) is 58.2 Å². The topological polar surface area (TPSA) is 81.1 Å². The Morgan fingerprint density at radius 3 is 2.72 bits per heavy atom. The first-order chi connectivity index (χ1) is 15.6. The molecule has 4 rings (SSSR count). The first-order valence-corrected chi connectivity index (χ1v) is 11.8. The molecule has 32 heavy (non-hydrogen) atoms. The maximum absolute atomic E-state index is 13.1. The highest BCUT2D eigenvalue weighted by Gasteiger charge is 2.23. The Hall–Kier alpha value is -2.64. The van der Waals surface area contributed by atoms with Gasteiger partial charge in [-0.2, -0.15) is 10.1 Å². The van der Waals surface area contributed by atoms with Gasteiger partial charge in [0.25, 0.3) is 5.91 Å². The summed E-state index contributed by atoms with van der Waals surface area (Å²) in [4.78, 5) is 17.8. The molecule has 2 aromatic heterocycles. The van der Waals surface area contributed by atoms with Gasteiger partial charge >= 0.3 is 0 Å². The maximum Gasteiger partial charge on any atom is 0.272 e. The first kappa shape index (κ1) is 22.6. The van der Waals surface area contributed by atoms with E-state index in [4.69, 9.17) is 21.3 Å². The lowest BCUT2D eigenvalue weighted by Crippen LogP contribution is -2.45. The SMILES string of the molecule is CCC(CC)Oc1ccc2c(C(=O)NC3CCCNC3)nn(Cc3ccc(Cl)cc3)c2n1. The molecule has 1 amide bonds. The molecule has 0 bridgehead atoms. The average Bonchev–Trinajstić information content (AvgIpc) is 3.17. The number of carbonyl (C=O) groups excluding carboxylic acids is 1. The Labute approximate surface area is 193 Å². The van der Waals surface area contributed by atoms with Gasteiger partial charge in [0.2, 0.25) is 5.88 Å².